The summed E-state index contributed by atoms with van der Waals surface area (Å²) < 4.78 is 15.1. The molecule has 126 valence electrons. The van der Waals surface area contributed by atoms with E-state index in [1.54, 1.807) is 28.9 Å². The van der Waals surface area contributed by atoms with E-state index in [4.69, 9.17) is 11.0 Å². The van der Waals surface area contributed by atoms with Gasteiger partial charge in [0.2, 0.25) is 0 Å². The Balaban J connectivity index is 2.03. The van der Waals surface area contributed by atoms with Crippen LogP contribution in [0, 0.1) is 17.1 Å². The van der Waals surface area contributed by atoms with Gasteiger partial charge in [-0.2, -0.15) is 10.4 Å². The maximum Gasteiger partial charge on any atom is 0.141 e. The van der Waals surface area contributed by atoms with Crippen molar-refractivity contribution in [3.8, 4) is 28.5 Å². The first kappa shape index (κ1) is 15.9. The molecular weight excluding hydrogens is 329 g/mol. The van der Waals surface area contributed by atoms with Gasteiger partial charge >= 0.3 is 0 Å². The van der Waals surface area contributed by atoms with Crippen LogP contribution in [0.25, 0.3) is 27.9 Å². The highest BCUT2D eigenvalue weighted by molar-refractivity contribution is 5.92. The SMILES string of the molecule is N#Cc1cc(-c2c(-c3ccc(F)cc3)nn3cc(CN)ccc23)ccn1. The van der Waals surface area contributed by atoms with E-state index in [0.717, 1.165) is 27.8 Å². The molecule has 0 aliphatic rings. The molecule has 6 heteroatoms. The molecule has 2 N–H and O–H groups in total. The summed E-state index contributed by atoms with van der Waals surface area (Å²) in [5, 5.41) is 13.9. The average molecular weight is 343 g/mol. The Kier molecular flexibility index (Phi) is 3.92. The van der Waals surface area contributed by atoms with Gasteiger partial charge in [-0.15, -0.1) is 0 Å². The number of nitrogens with zero attached hydrogens (tertiary/aromatic N) is 4. The molecule has 0 bridgehead atoms. The van der Waals surface area contributed by atoms with Gasteiger partial charge in [0.15, 0.2) is 0 Å². The van der Waals surface area contributed by atoms with Crippen molar-refractivity contribution in [2.45, 2.75) is 6.54 Å². The van der Waals surface area contributed by atoms with Crippen LogP contribution in [-0.2, 0) is 6.54 Å². The van der Waals surface area contributed by atoms with Crippen LogP contribution in [0.1, 0.15) is 11.3 Å². The van der Waals surface area contributed by atoms with Crippen LogP contribution in [0.15, 0.2) is 60.9 Å². The fraction of sp³-hybridized carbons (Fsp3) is 0.0500. The number of pyridine rings is 2. The van der Waals surface area contributed by atoms with Crippen LogP contribution < -0.4 is 5.73 Å². The molecule has 0 amide bonds. The zero-order valence-corrected chi connectivity index (χ0v) is 13.7. The molecule has 0 aliphatic heterocycles. The lowest BCUT2D eigenvalue weighted by atomic mass is 10.00. The molecule has 3 aromatic heterocycles. The van der Waals surface area contributed by atoms with Gasteiger partial charge in [0, 0.05) is 30.1 Å². The minimum absolute atomic E-state index is 0.305. The van der Waals surface area contributed by atoms with Crippen LogP contribution in [0.4, 0.5) is 4.39 Å². The normalized spacial score (nSPS) is 10.8. The lowest BCUT2D eigenvalue weighted by molar-refractivity contribution is 0.628. The second kappa shape index (κ2) is 6.39. The van der Waals surface area contributed by atoms with E-state index in [2.05, 4.69) is 16.2 Å². The number of halogens is 1. The van der Waals surface area contributed by atoms with Gasteiger partial charge in [-0.1, -0.05) is 6.07 Å². The summed E-state index contributed by atoms with van der Waals surface area (Å²) in [5.41, 5.74) is 11.1. The number of rotatable bonds is 3. The van der Waals surface area contributed by atoms with Crippen LogP contribution in [-0.4, -0.2) is 14.6 Å². The lowest BCUT2D eigenvalue weighted by Crippen LogP contribution is -1.98. The maximum atomic E-state index is 13.3. The highest BCUT2D eigenvalue weighted by Gasteiger charge is 2.17. The molecule has 26 heavy (non-hydrogen) atoms. The Labute approximate surface area is 149 Å². The van der Waals surface area contributed by atoms with E-state index in [9.17, 15) is 4.39 Å². The van der Waals surface area contributed by atoms with Crippen LogP contribution in [0.3, 0.4) is 0 Å². The third-order valence-electron chi connectivity index (χ3n) is 4.21. The van der Waals surface area contributed by atoms with Crippen molar-refractivity contribution in [1.29, 1.82) is 5.26 Å². The molecule has 3 heterocycles. The second-order valence-electron chi connectivity index (χ2n) is 5.84. The van der Waals surface area contributed by atoms with E-state index in [1.165, 1.54) is 12.1 Å². The first-order chi connectivity index (χ1) is 12.7. The Hall–Kier alpha value is -3.56. The minimum Gasteiger partial charge on any atom is -0.326 e. The van der Waals surface area contributed by atoms with Crippen molar-refractivity contribution in [3.05, 3.63) is 78.0 Å². The van der Waals surface area contributed by atoms with Gasteiger partial charge in [0.05, 0.1) is 5.52 Å². The van der Waals surface area contributed by atoms with Crippen molar-refractivity contribution in [2.75, 3.05) is 0 Å². The van der Waals surface area contributed by atoms with Gasteiger partial charge in [-0.05, 0) is 53.6 Å². The predicted molar refractivity (Wildman–Crippen MR) is 96.4 cm³/mol. The Morgan fingerprint density at radius 1 is 1.08 bits per heavy atom. The molecule has 0 saturated carbocycles. The van der Waals surface area contributed by atoms with Crippen molar-refractivity contribution in [3.63, 3.8) is 0 Å². The summed E-state index contributed by atoms with van der Waals surface area (Å²) in [5.74, 6) is -0.305. The van der Waals surface area contributed by atoms with E-state index >= 15 is 0 Å². The van der Waals surface area contributed by atoms with Gasteiger partial charge < -0.3 is 5.73 Å². The number of hydrogen-bond acceptors (Lipinski definition) is 4. The molecule has 0 aliphatic carbocycles. The maximum absolute atomic E-state index is 13.3. The number of nitriles is 1. The van der Waals surface area contributed by atoms with Gasteiger partial charge in [0.25, 0.3) is 0 Å². The number of benzene rings is 1. The van der Waals surface area contributed by atoms with E-state index in [0.29, 0.717) is 17.9 Å². The first-order valence-electron chi connectivity index (χ1n) is 8.03. The largest absolute Gasteiger partial charge is 0.326 e. The third kappa shape index (κ3) is 2.70. The molecule has 0 atom stereocenters. The minimum atomic E-state index is -0.305. The Morgan fingerprint density at radius 3 is 2.62 bits per heavy atom. The van der Waals surface area contributed by atoms with E-state index in [1.807, 2.05) is 24.4 Å². The van der Waals surface area contributed by atoms with Crippen LogP contribution in [0.2, 0.25) is 0 Å². The molecule has 5 nitrogen and oxygen atoms in total. The highest BCUT2D eigenvalue weighted by atomic mass is 19.1. The summed E-state index contributed by atoms with van der Waals surface area (Å²) in [7, 11) is 0. The molecule has 1 aromatic carbocycles. The Morgan fingerprint density at radius 2 is 1.88 bits per heavy atom. The van der Waals surface area contributed by atoms with Gasteiger partial charge in [0.1, 0.15) is 23.3 Å². The van der Waals surface area contributed by atoms with E-state index in [-0.39, 0.29) is 5.82 Å². The summed E-state index contributed by atoms with van der Waals surface area (Å²) in [4.78, 5) is 4.03. The van der Waals surface area contributed by atoms with Crippen molar-refractivity contribution in [1.82, 2.24) is 14.6 Å². The standard InChI is InChI=1S/C20H14FN5/c21-16-4-2-14(3-5-16)20-19(15-7-8-24-17(9-15)11-23)18-6-1-13(10-22)12-26(18)25-20/h1-9,12H,10,22H2. The zero-order chi connectivity index (χ0) is 18.1. The number of aromatic nitrogens is 3. The topological polar surface area (TPSA) is 80.0 Å². The molecular formula is C20H14FN5. The Bertz CT molecular complexity index is 1140. The molecule has 0 unspecified atom stereocenters. The highest BCUT2D eigenvalue weighted by Crippen LogP contribution is 2.35. The summed E-state index contributed by atoms with van der Waals surface area (Å²) in [6.07, 6.45) is 3.47. The van der Waals surface area contributed by atoms with Gasteiger partial charge in [-0.25, -0.2) is 13.9 Å². The number of fused-ring (bicyclic) bond motifs is 1. The fourth-order valence-electron chi connectivity index (χ4n) is 2.95. The lowest BCUT2D eigenvalue weighted by Gasteiger charge is -2.05. The molecule has 0 saturated heterocycles. The first-order valence-corrected chi connectivity index (χ1v) is 8.03. The van der Waals surface area contributed by atoms with Crippen LogP contribution in [0.5, 0.6) is 0 Å². The second-order valence-corrected chi connectivity index (χ2v) is 5.84. The van der Waals surface area contributed by atoms with Crippen LogP contribution >= 0.6 is 0 Å². The predicted octanol–water partition coefficient (Wildman–Crippen LogP) is 3.53. The van der Waals surface area contributed by atoms with Crippen molar-refractivity contribution in [2.24, 2.45) is 5.73 Å². The molecule has 0 radical (unpaired) electrons. The quantitative estimate of drug-likeness (QED) is 0.617. The number of nitrogens with two attached hydrogens (primary N) is 1. The molecule has 0 fully saturated rings. The average Bonchev–Trinajstić information content (AvgIpc) is 3.07. The molecule has 4 aromatic rings. The fourth-order valence-corrected chi connectivity index (χ4v) is 2.95. The summed E-state index contributed by atoms with van der Waals surface area (Å²) >= 11 is 0. The van der Waals surface area contributed by atoms with Crippen molar-refractivity contribution >= 4 is 5.52 Å². The molecule has 0 spiro atoms. The smallest absolute Gasteiger partial charge is 0.141 e. The monoisotopic (exact) mass is 343 g/mol. The van der Waals surface area contributed by atoms with Crippen molar-refractivity contribution < 1.29 is 4.39 Å². The summed E-state index contributed by atoms with van der Waals surface area (Å²) in [6, 6.07) is 15.7. The summed E-state index contributed by atoms with van der Waals surface area (Å²) in [6.45, 7) is 0.408. The zero-order valence-electron chi connectivity index (χ0n) is 13.7. The number of hydrogen-bond donors (Lipinski definition) is 1. The van der Waals surface area contributed by atoms with Gasteiger partial charge in [-0.3, -0.25) is 0 Å². The molecule has 4 rings (SSSR count). The van der Waals surface area contributed by atoms with E-state index < -0.39 is 0 Å². The third-order valence-corrected chi connectivity index (χ3v) is 4.21.